The molecule has 2 saturated heterocycles. The van der Waals surface area contributed by atoms with Gasteiger partial charge in [-0.1, -0.05) is 116 Å². The third kappa shape index (κ3) is 14.1. The molecule has 8 nitrogen and oxygen atoms in total. The molecule has 46 heavy (non-hydrogen) atoms. The summed E-state index contributed by atoms with van der Waals surface area (Å²) in [5.41, 5.74) is -0.225. The third-order valence-corrected chi connectivity index (χ3v) is 7.72. The monoisotopic (exact) mass is 649 g/mol. The molecule has 3 heterocycles. The largest absolute Gasteiger partial charge is 0.600 e. The zero-order valence-electron chi connectivity index (χ0n) is 31.9. The molecule has 0 unspecified atom stereocenters. The summed E-state index contributed by atoms with van der Waals surface area (Å²) in [7, 11) is -1.50. The van der Waals surface area contributed by atoms with Crippen LogP contribution < -0.4 is 9.31 Å². The molecule has 0 bridgehead atoms. The Labute approximate surface area is 284 Å². The predicted molar refractivity (Wildman–Crippen MR) is 197 cm³/mol. The van der Waals surface area contributed by atoms with Crippen molar-refractivity contribution in [2.24, 2.45) is 5.41 Å². The molecule has 3 aliphatic heterocycles. The molecule has 0 spiro atoms. The van der Waals surface area contributed by atoms with Gasteiger partial charge in [-0.15, -0.1) is 0 Å². The molecule has 4 rings (SSSR count). The smallest absolute Gasteiger partial charge is 0.523 e. The van der Waals surface area contributed by atoms with Crippen LogP contribution in [0.15, 0.2) is 24.3 Å². The van der Waals surface area contributed by atoms with E-state index < -0.39 is 7.12 Å². The van der Waals surface area contributed by atoms with Crippen molar-refractivity contribution in [3.63, 3.8) is 0 Å². The molecule has 1 aromatic rings. The molecule has 0 radical (unpaired) electrons. The molecule has 12 heteroatoms. The molecule has 0 aliphatic carbocycles. The van der Waals surface area contributed by atoms with Crippen molar-refractivity contribution in [2.75, 3.05) is 13.2 Å². The Hall–Kier alpha value is -1.16. The highest BCUT2D eigenvalue weighted by molar-refractivity contribution is 6.51. The molecule has 0 aromatic heterocycles. The molecule has 264 valence electrons. The fourth-order valence-corrected chi connectivity index (χ4v) is 3.64. The first-order valence-corrected chi connectivity index (χ1v) is 16.3. The van der Waals surface area contributed by atoms with E-state index in [0.717, 1.165) is 24.7 Å². The summed E-state index contributed by atoms with van der Waals surface area (Å²) >= 11 is 0. The highest BCUT2D eigenvalue weighted by atomic mass is 16.7. The number of para-hydroxylation sites is 2. The van der Waals surface area contributed by atoms with Crippen LogP contribution >= 0.6 is 0 Å². The second kappa shape index (κ2) is 16.0. The van der Waals surface area contributed by atoms with E-state index >= 15 is 0 Å². The van der Waals surface area contributed by atoms with Crippen LogP contribution in [-0.2, 0) is 18.6 Å². The summed E-state index contributed by atoms with van der Waals surface area (Å²) in [6.07, 6.45) is 0. The van der Waals surface area contributed by atoms with Crippen molar-refractivity contribution in [1.82, 2.24) is 0 Å². The maximum atomic E-state index is 8.44. The maximum absolute atomic E-state index is 8.44. The Morgan fingerprint density at radius 2 is 0.891 bits per heavy atom. The highest BCUT2D eigenvalue weighted by Gasteiger charge is 2.55. The van der Waals surface area contributed by atoms with Crippen LogP contribution in [0.2, 0.25) is 21.3 Å². The normalized spacial score (nSPS) is 19.8. The molecule has 0 atom stereocenters. The average Bonchev–Trinajstić information content (AvgIpc) is 3.36. The van der Waals surface area contributed by atoms with Crippen molar-refractivity contribution in [1.29, 1.82) is 0 Å². The van der Waals surface area contributed by atoms with Gasteiger partial charge in [-0.05, 0) is 55.8 Å². The Balaban J connectivity index is 0.000000596. The molecular weight excluding hydrogens is 580 g/mol. The Morgan fingerprint density at radius 1 is 0.587 bits per heavy atom. The molecule has 3 aliphatic rings. The summed E-state index contributed by atoms with van der Waals surface area (Å²) in [6.45, 7) is 38.6. The highest BCUT2D eigenvalue weighted by Crippen LogP contribution is 2.44. The van der Waals surface area contributed by atoms with Crippen LogP contribution in [0.3, 0.4) is 0 Å². The second-order valence-corrected chi connectivity index (χ2v) is 18.6. The first-order chi connectivity index (χ1) is 19.9. The van der Waals surface area contributed by atoms with Gasteiger partial charge in [0.15, 0.2) is 0 Å². The minimum atomic E-state index is -1.20. The van der Waals surface area contributed by atoms with E-state index in [4.69, 9.17) is 38.0 Å². The Morgan fingerprint density at radius 3 is 1.13 bits per heavy atom. The SMILES string of the molecule is C.CC(C)(C)B(O)O.CC(C)(C)B1OC(C)(C)C(C)(C)O1.CC(C)(C)B1Oc2ccccc2O1.CC1(C)COB(C(C)(C)C)OC1. The quantitative estimate of drug-likeness (QED) is 0.270. The van der Waals surface area contributed by atoms with Gasteiger partial charge in [0.1, 0.15) is 11.5 Å². The fraction of sp³-hybridized carbons (Fsp3) is 0.824. The number of rotatable bonds is 0. The third-order valence-electron chi connectivity index (χ3n) is 7.72. The summed E-state index contributed by atoms with van der Waals surface area (Å²) < 4.78 is 34.4. The van der Waals surface area contributed by atoms with Gasteiger partial charge in [-0.3, -0.25) is 0 Å². The molecular formula is C34H68B4O8. The molecule has 0 amide bonds. The van der Waals surface area contributed by atoms with Crippen LogP contribution in [0.25, 0.3) is 0 Å². The average molecular weight is 648 g/mol. The summed E-state index contributed by atoms with van der Waals surface area (Å²) in [5, 5.41) is 16.7. The lowest BCUT2D eigenvalue weighted by atomic mass is 9.60. The summed E-state index contributed by atoms with van der Waals surface area (Å²) in [6, 6.07) is 7.77. The second-order valence-electron chi connectivity index (χ2n) is 18.6. The van der Waals surface area contributed by atoms with Gasteiger partial charge in [-0.25, -0.2) is 0 Å². The molecule has 2 fully saturated rings. The van der Waals surface area contributed by atoms with Crippen molar-refractivity contribution in [3.8, 4) is 11.5 Å². The van der Waals surface area contributed by atoms with Crippen molar-refractivity contribution in [3.05, 3.63) is 24.3 Å². The van der Waals surface area contributed by atoms with Crippen molar-refractivity contribution >= 4 is 28.5 Å². The van der Waals surface area contributed by atoms with E-state index in [1.54, 1.807) is 20.8 Å². The van der Waals surface area contributed by atoms with Crippen LogP contribution in [0.5, 0.6) is 11.5 Å². The van der Waals surface area contributed by atoms with Crippen LogP contribution in [-0.4, -0.2) is 62.9 Å². The molecule has 2 N–H and O–H groups in total. The first kappa shape index (κ1) is 44.8. The van der Waals surface area contributed by atoms with Gasteiger partial charge in [0.05, 0.1) is 11.2 Å². The van der Waals surface area contributed by atoms with Gasteiger partial charge >= 0.3 is 28.5 Å². The van der Waals surface area contributed by atoms with E-state index in [2.05, 4.69) is 104 Å². The lowest BCUT2D eigenvalue weighted by molar-refractivity contribution is 0.00578. The van der Waals surface area contributed by atoms with Crippen LogP contribution in [0, 0.1) is 5.41 Å². The lowest BCUT2D eigenvalue weighted by Gasteiger charge is -2.37. The van der Waals surface area contributed by atoms with Crippen molar-refractivity contribution < 1.29 is 38.0 Å². The van der Waals surface area contributed by atoms with Gasteiger partial charge < -0.3 is 38.0 Å². The zero-order valence-corrected chi connectivity index (χ0v) is 31.9. The van der Waals surface area contributed by atoms with E-state index in [1.807, 2.05) is 24.3 Å². The predicted octanol–water partition coefficient (Wildman–Crippen LogP) is 8.87. The summed E-state index contributed by atoms with van der Waals surface area (Å²) in [5.74, 6) is 1.70. The molecule has 0 saturated carbocycles. The number of benzene rings is 1. The van der Waals surface area contributed by atoms with Crippen molar-refractivity contribution in [2.45, 2.75) is 165 Å². The minimum absolute atomic E-state index is 0. The Bertz CT molecular complexity index is 1000. The zero-order chi connectivity index (χ0) is 35.4. The van der Waals surface area contributed by atoms with E-state index in [1.165, 1.54) is 0 Å². The first-order valence-electron chi connectivity index (χ1n) is 16.3. The van der Waals surface area contributed by atoms with E-state index in [0.29, 0.717) is 0 Å². The molecule has 1 aromatic carbocycles. The number of hydrogen-bond acceptors (Lipinski definition) is 8. The topological polar surface area (TPSA) is 95.8 Å². The van der Waals surface area contributed by atoms with E-state index in [9.17, 15) is 0 Å². The lowest BCUT2D eigenvalue weighted by Crippen LogP contribution is -2.45. The van der Waals surface area contributed by atoms with Gasteiger partial charge in [-0.2, -0.15) is 0 Å². The minimum Gasteiger partial charge on any atom is -0.523 e. The Kier molecular flexibility index (Phi) is 15.6. The summed E-state index contributed by atoms with van der Waals surface area (Å²) in [4.78, 5) is 0. The van der Waals surface area contributed by atoms with Gasteiger partial charge in [0.2, 0.25) is 0 Å². The van der Waals surface area contributed by atoms with Crippen LogP contribution in [0.1, 0.15) is 132 Å². The number of hydrogen-bond donors (Lipinski definition) is 2. The van der Waals surface area contributed by atoms with E-state index in [-0.39, 0.29) is 66.7 Å². The van der Waals surface area contributed by atoms with Crippen LogP contribution in [0.4, 0.5) is 0 Å². The maximum Gasteiger partial charge on any atom is 0.600 e. The van der Waals surface area contributed by atoms with Gasteiger partial charge in [0, 0.05) is 23.9 Å². The standard InChI is InChI=1S/C10H13BO2.C10H21BO2.C9H19BO2.C4H11BO2.CH4/c1-10(2,3)11-12-8-6-4-5-7-9(8)13-11;1-8(2,3)11-12-9(4,5)10(6,7)13-11;1-8(2,3)10-11-6-9(4,5)7-12-10;1-4(2,3)5(6)7;/h4-7H,1-3H3;1-7H3;6-7H2,1-5H3;6-7H,1-3H3;1H4. The van der Waals surface area contributed by atoms with Gasteiger partial charge in [0.25, 0.3) is 0 Å². The number of fused-ring (bicyclic) bond motifs is 1. The fourth-order valence-electron chi connectivity index (χ4n) is 3.64.